The number of aromatic nitrogens is 4. The molecule has 1 aliphatic carbocycles. The van der Waals surface area contributed by atoms with Crippen molar-refractivity contribution in [2.75, 3.05) is 11.4 Å². The highest BCUT2D eigenvalue weighted by Gasteiger charge is 2.49. The van der Waals surface area contributed by atoms with Crippen LogP contribution >= 0.6 is 11.6 Å². The van der Waals surface area contributed by atoms with Crippen LogP contribution in [0.5, 0.6) is 0 Å². The first-order chi connectivity index (χ1) is 15.0. The van der Waals surface area contributed by atoms with E-state index >= 15 is 0 Å². The Balaban J connectivity index is 1.25. The smallest absolute Gasteiger partial charge is 0.291 e. The summed E-state index contributed by atoms with van der Waals surface area (Å²) >= 11 is 6.17. The fourth-order valence-electron chi connectivity index (χ4n) is 4.66. The lowest BCUT2D eigenvalue weighted by Gasteiger charge is -2.36. The van der Waals surface area contributed by atoms with Crippen LogP contribution in [0.1, 0.15) is 42.7 Å². The number of hydrogen-bond acceptors (Lipinski definition) is 5. The molecular formula is C21H20ClFN6O2. The molecule has 31 heavy (non-hydrogen) atoms. The quantitative estimate of drug-likeness (QED) is 0.673. The van der Waals surface area contributed by atoms with Crippen molar-refractivity contribution >= 4 is 34.7 Å². The third-order valence-electron chi connectivity index (χ3n) is 6.37. The summed E-state index contributed by atoms with van der Waals surface area (Å²) in [5, 5.41) is 15.3. The van der Waals surface area contributed by atoms with Crippen LogP contribution in [0.15, 0.2) is 36.5 Å². The van der Waals surface area contributed by atoms with Gasteiger partial charge in [-0.25, -0.2) is 4.39 Å². The largest absolute Gasteiger partial charge is 0.347 e. The Kier molecular flexibility index (Phi) is 4.85. The van der Waals surface area contributed by atoms with Gasteiger partial charge in [0.25, 0.3) is 5.91 Å². The second kappa shape index (κ2) is 7.56. The van der Waals surface area contributed by atoms with Gasteiger partial charge in [0.2, 0.25) is 11.7 Å². The summed E-state index contributed by atoms with van der Waals surface area (Å²) in [5.41, 5.74) is 0.597. The Morgan fingerprint density at radius 2 is 2.00 bits per heavy atom. The van der Waals surface area contributed by atoms with Crippen LogP contribution in [0, 0.1) is 11.2 Å². The van der Waals surface area contributed by atoms with Gasteiger partial charge >= 0.3 is 0 Å². The van der Waals surface area contributed by atoms with Gasteiger partial charge in [-0.2, -0.15) is 9.61 Å². The molecule has 8 nitrogen and oxygen atoms in total. The number of anilines is 1. The number of rotatable bonds is 3. The van der Waals surface area contributed by atoms with E-state index in [-0.39, 0.29) is 28.7 Å². The topological polar surface area (TPSA) is 92.5 Å². The van der Waals surface area contributed by atoms with Crippen molar-refractivity contribution < 1.29 is 14.0 Å². The Hall–Kier alpha value is -3.07. The van der Waals surface area contributed by atoms with Gasteiger partial charge in [0.05, 0.1) is 16.1 Å². The van der Waals surface area contributed by atoms with E-state index in [9.17, 15) is 14.0 Å². The highest BCUT2D eigenvalue weighted by molar-refractivity contribution is 6.34. The number of amides is 2. The average molecular weight is 443 g/mol. The predicted molar refractivity (Wildman–Crippen MR) is 111 cm³/mol. The average Bonchev–Trinajstić information content (AvgIpc) is 3.33. The van der Waals surface area contributed by atoms with E-state index in [1.807, 2.05) is 0 Å². The van der Waals surface area contributed by atoms with Crippen molar-refractivity contribution in [3.05, 3.63) is 53.2 Å². The zero-order valence-electron chi connectivity index (χ0n) is 16.6. The standard InChI is InChI=1S/C21H20ClFN6O2/c22-15-12-13(23)3-4-16(15)28-11-9-21(20(28)31)7-5-14(6-8-21)25-19(30)18-27-26-17-2-1-10-24-29(17)18/h1-4,10,12,14H,5-9,11H2,(H,25,30)/t14-,21-. The maximum absolute atomic E-state index is 13.4. The van der Waals surface area contributed by atoms with E-state index in [2.05, 4.69) is 20.6 Å². The molecule has 2 amide bonds. The minimum atomic E-state index is -0.456. The Bertz CT molecular complexity index is 1170. The normalized spacial score (nSPS) is 23.6. The number of nitrogens with zero attached hydrogens (tertiary/aromatic N) is 5. The first kappa shape index (κ1) is 19.9. The monoisotopic (exact) mass is 442 g/mol. The van der Waals surface area contributed by atoms with Crippen LogP contribution in [0.3, 0.4) is 0 Å². The van der Waals surface area contributed by atoms with Gasteiger partial charge in [-0.3, -0.25) is 9.59 Å². The van der Waals surface area contributed by atoms with Crippen LogP contribution < -0.4 is 10.2 Å². The number of hydrogen-bond donors (Lipinski definition) is 1. The van der Waals surface area contributed by atoms with Crippen LogP contribution in [0.25, 0.3) is 5.65 Å². The molecule has 2 aliphatic rings. The fraction of sp³-hybridized carbons (Fsp3) is 0.381. The van der Waals surface area contributed by atoms with Gasteiger partial charge in [0.1, 0.15) is 5.82 Å². The number of fused-ring (bicyclic) bond motifs is 1. The molecule has 5 rings (SSSR count). The lowest BCUT2D eigenvalue weighted by molar-refractivity contribution is -0.127. The molecule has 0 radical (unpaired) electrons. The maximum atomic E-state index is 13.4. The second-order valence-electron chi connectivity index (χ2n) is 8.15. The summed E-state index contributed by atoms with van der Waals surface area (Å²) in [6.45, 7) is 0.554. The molecular weight excluding hydrogens is 423 g/mol. The first-order valence-corrected chi connectivity index (χ1v) is 10.6. The van der Waals surface area contributed by atoms with Crippen LogP contribution in [0.4, 0.5) is 10.1 Å². The van der Waals surface area contributed by atoms with Gasteiger partial charge in [-0.15, -0.1) is 10.2 Å². The van der Waals surface area contributed by atoms with Crippen molar-refractivity contribution in [3.8, 4) is 0 Å². The molecule has 3 aromatic rings. The molecule has 1 aliphatic heterocycles. The van der Waals surface area contributed by atoms with Crippen LogP contribution in [-0.4, -0.2) is 44.2 Å². The lowest BCUT2D eigenvalue weighted by atomic mass is 9.71. The molecule has 1 saturated heterocycles. The maximum Gasteiger partial charge on any atom is 0.291 e. The number of carbonyl (C=O) groups is 2. The molecule has 2 fully saturated rings. The number of halogens is 2. The molecule has 1 N–H and O–H groups in total. The number of nitrogens with one attached hydrogen (secondary N) is 1. The molecule has 0 bridgehead atoms. The molecule has 10 heteroatoms. The SMILES string of the molecule is O=C(N[C@H]1CC[C@@]2(CCN(c3ccc(F)cc3Cl)C2=O)CC1)c1nnc2cccnn12. The van der Waals surface area contributed by atoms with Gasteiger partial charge in [0, 0.05) is 18.8 Å². The summed E-state index contributed by atoms with van der Waals surface area (Å²) in [5.74, 6) is -0.588. The zero-order chi connectivity index (χ0) is 21.6. The van der Waals surface area contributed by atoms with Crippen LogP contribution in [0.2, 0.25) is 5.02 Å². The molecule has 160 valence electrons. The van der Waals surface area contributed by atoms with E-state index in [0.29, 0.717) is 43.6 Å². The molecule has 2 aromatic heterocycles. The first-order valence-electron chi connectivity index (χ1n) is 10.2. The van der Waals surface area contributed by atoms with Gasteiger partial charge in [0.15, 0.2) is 5.65 Å². The minimum absolute atomic E-state index is 0.0263. The van der Waals surface area contributed by atoms with E-state index in [1.54, 1.807) is 29.3 Å². The summed E-state index contributed by atoms with van der Waals surface area (Å²) in [7, 11) is 0. The van der Waals surface area contributed by atoms with E-state index in [1.165, 1.54) is 16.6 Å². The third kappa shape index (κ3) is 3.42. The van der Waals surface area contributed by atoms with Crippen molar-refractivity contribution in [3.63, 3.8) is 0 Å². The van der Waals surface area contributed by atoms with Gasteiger partial charge in [-0.1, -0.05) is 11.6 Å². The van der Waals surface area contributed by atoms with Gasteiger partial charge in [-0.05, 0) is 62.4 Å². The van der Waals surface area contributed by atoms with Crippen molar-refractivity contribution in [2.24, 2.45) is 5.41 Å². The predicted octanol–water partition coefficient (Wildman–Crippen LogP) is 3.01. The van der Waals surface area contributed by atoms with Crippen molar-refractivity contribution in [2.45, 2.75) is 38.1 Å². The number of benzene rings is 1. The minimum Gasteiger partial charge on any atom is -0.347 e. The Morgan fingerprint density at radius 1 is 1.19 bits per heavy atom. The second-order valence-corrected chi connectivity index (χ2v) is 8.56. The van der Waals surface area contributed by atoms with Crippen LogP contribution in [-0.2, 0) is 4.79 Å². The third-order valence-corrected chi connectivity index (χ3v) is 6.68. The molecule has 0 atom stereocenters. The Morgan fingerprint density at radius 3 is 2.77 bits per heavy atom. The van der Waals surface area contributed by atoms with E-state index in [4.69, 9.17) is 11.6 Å². The molecule has 1 saturated carbocycles. The zero-order valence-corrected chi connectivity index (χ0v) is 17.3. The Labute approximate surface area is 182 Å². The lowest BCUT2D eigenvalue weighted by Crippen LogP contribution is -2.44. The highest BCUT2D eigenvalue weighted by Crippen LogP contribution is 2.47. The molecule has 0 unspecified atom stereocenters. The summed E-state index contributed by atoms with van der Waals surface area (Å²) in [4.78, 5) is 27.6. The number of carbonyl (C=O) groups excluding carboxylic acids is 2. The molecule has 3 heterocycles. The molecule has 1 aromatic carbocycles. The van der Waals surface area contributed by atoms with Gasteiger partial charge < -0.3 is 10.2 Å². The summed E-state index contributed by atoms with van der Waals surface area (Å²) < 4.78 is 14.8. The highest BCUT2D eigenvalue weighted by atomic mass is 35.5. The summed E-state index contributed by atoms with van der Waals surface area (Å²) in [6.07, 6.45) is 5.01. The van der Waals surface area contributed by atoms with E-state index < -0.39 is 11.2 Å². The molecule has 1 spiro atoms. The summed E-state index contributed by atoms with van der Waals surface area (Å²) in [6, 6.07) is 7.50. The van der Waals surface area contributed by atoms with Crippen molar-refractivity contribution in [1.82, 2.24) is 25.1 Å². The van der Waals surface area contributed by atoms with Crippen molar-refractivity contribution in [1.29, 1.82) is 0 Å². The fourth-order valence-corrected chi connectivity index (χ4v) is 4.93. The van der Waals surface area contributed by atoms with E-state index in [0.717, 1.165) is 6.42 Å².